The maximum atomic E-state index is 13.4. The number of carbonyl (C=O) groups excluding carboxylic acids is 3. The first kappa shape index (κ1) is 18.5. The van der Waals surface area contributed by atoms with Gasteiger partial charge in [-0.15, -0.1) is 0 Å². The zero-order valence-electron chi connectivity index (χ0n) is 17.0. The highest BCUT2D eigenvalue weighted by Gasteiger charge is 2.69. The van der Waals surface area contributed by atoms with E-state index in [1.54, 1.807) is 0 Å². The van der Waals surface area contributed by atoms with Crippen LogP contribution in [0.3, 0.4) is 0 Å². The summed E-state index contributed by atoms with van der Waals surface area (Å²) in [5.74, 6) is -1.15. The molecule has 2 aromatic rings. The van der Waals surface area contributed by atoms with Crippen LogP contribution in [0.25, 0.3) is 11.1 Å². The number of barbiturate groups is 1. The summed E-state index contributed by atoms with van der Waals surface area (Å²) in [6.07, 6.45) is 2.70. The molecule has 3 heterocycles. The molecule has 0 unspecified atom stereocenters. The van der Waals surface area contributed by atoms with Crippen molar-refractivity contribution in [1.29, 1.82) is 0 Å². The van der Waals surface area contributed by atoms with Gasteiger partial charge in [-0.2, -0.15) is 0 Å². The minimum atomic E-state index is -1.34. The van der Waals surface area contributed by atoms with Crippen LogP contribution in [-0.4, -0.2) is 40.9 Å². The van der Waals surface area contributed by atoms with Gasteiger partial charge in [0.2, 0.25) is 0 Å². The van der Waals surface area contributed by atoms with Crippen LogP contribution in [-0.2, 0) is 9.59 Å². The molecule has 0 saturated carbocycles. The van der Waals surface area contributed by atoms with Crippen LogP contribution < -0.4 is 10.6 Å². The second kappa shape index (κ2) is 6.62. The highest BCUT2D eigenvalue weighted by Crippen LogP contribution is 2.63. The largest absolute Gasteiger partial charge is 0.328 e. The zero-order chi connectivity index (χ0) is 21.2. The van der Waals surface area contributed by atoms with E-state index in [2.05, 4.69) is 39.8 Å². The fourth-order valence-electron chi connectivity index (χ4n) is 6.28. The molecule has 1 spiro atoms. The minimum Gasteiger partial charge on any atom is -0.278 e. The molecule has 31 heavy (non-hydrogen) atoms. The van der Waals surface area contributed by atoms with E-state index in [9.17, 15) is 14.4 Å². The van der Waals surface area contributed by atoms with E-state index < -0.39 is 23.4 Å². The predicted octanol–water partition coefficient (Wildman–Crippen LogP) is 2.82. The van der Waals surface area contributed by atoms with E-state index in [4.69, 9.17) is 0 Å². The third-order valence-corrected chi connectivity index (χ3v) is 7.44. The first-order valence-corrected chi connectivity index (χ1v) is 10.9. The van der Waals surface area contributed by atoms with Crippen molar-refractivity contribution in [2.75, 3.05) is 6.54 Å². The van der Waals surface area contributed by atoms with Crippen molar-refractivity contribution in [3.8, 4) is 0 Å². The highest BCUT2D eigenvalue weighted by molar-refractivity contribution is 6.24. The highest BCUT2D eigenvalue weighted by atomic mass is 16.2. The van der Waals surface area contributed by atoms with Crippen molar-refractivity contribution >= 4 is 29.0 Å². The lowest BCUT2D eigenvalue weighted by Crippen LogP contribution is -2.74. The lowest BCUT2D eigenvalue weighted by atomic mass is 9.75. The lowest BCUT2D eigenvalue weighted by Gasteiger charge is -2.41. The van der Waals surface area contributed by atoms with Crippen molar-refractivity contribution < 1.29 is 14.4 Å². The molecule has 0 bridgehead atoms. The fraction of sp³-hybridized carbons (Fsp3) is 0.320. The second-order valence-electron chi connectivity index (χ2n) is 8.87. The van der Waals surface area contributed by atoms with Crippen LogP contribution in [0.2, 0.25) is 0 Å². The topological polar surface area (TPSA) is 78.5 Å². The number of allylic oxidation sites excluding steroid dienone is 2. The molecule has 3 aliphatic heterocycles. The Morgan fingerprint density at radius 1 is 0.806 bits per heavy atom. The number of hydrogen-bond donors (Lipinski definition) is 2. The number of rotatable bonds is 3. The summed E-state index contributed by atoms with van der Waals surface area (Å²) in [6.45, 7) is 0.699. The molecule has 3 saturated heterocycles. The van der Waals surface area contributed by atoms with Gasteiger partial charge in [-0.25, -0.2) is 4.79 Å². The van der Waals surface area contributed by atoms with Gasteiger partial charge in [0, 0.05) is 24.4 Å². The standard InChI is InChI=1S/C25H23N3O3/c29-22-25(23(30)27-24(31)26-22)18(14-17-12-7-13-28(17)25)21-19(15-8-3-1-4-9-15)20(21)16-10-5-2-6-11-16/h1-6,8-11,17-18,21H,7,12-14H2,(H2,26,27,29,30,31)/t17-,18+/m1/s1. The van der Waals surface area contributed by atoms with Gasteiger partial charge < -0.3 is 0 Å². The molecule has 2 N–H and O–H groups in total. The normalized spacial score (nSPS) is 27.4. The number of nitrogens with one attached hydrogen (secondary N) is 2. The van der Waals surface area contributed by atoms with Crippen molar-refractivity contribution in [3.63, 3.8) is 0 Å². The maximum absolute atomic E-state index is 13.4. The predicted molar refractivity (Wildman–Crippen MR) is 115 cm³/mol. The summed E-state index contributed by atoms with van der Waals surface area (Å²) in [6, 6.07) is 19.9. The Hall–Kier alpha value is -3.25. The first-order chi connectivity index (χ1) is 15.1. The van der Waals surface area contributed by atoms with E-state index in [0.717, 1.165) is 30.4 Å². The molecule has 4 aliphatic rings. The number of carbonyl (C=O) groups is 3. The SMILES string of the molecule is O=C1NC(=O)C2(C(=O)N1)[C@H](C1C(c3ccccc3)=C1c1ccccc1)C[C@H]1CCCN12. The van der Waals surface area contributed by atoms with Crippen LogP contribution in [0.15, 0.2) is 60.7 Å². The van der Waals surface area contributed by atoms with Crippen molar-refractivity contribution in [3.05, 3.63) is 71.8 Å². The van der Waals surface area contributed by atoms with E-state index in [1.165, 1.54) is 11.1 Å². The maximum Gasteiger partial charge on any atom is 0.328 e. The number of fused-ring (bicyclic) bond motifs is 2. The molecule has 6 heteroatoms. The van der Waals surface area contributed by atoms with Crippen LogP contribution in [0.5, 0.6) is 0 Å². The Labute approximate surface area is 180 Å². The van der Waals surface area contributed by atoms with Crippen molar-refractivity contribution in [1.82, 2.24) is 15.5 Å². The number of benzene rings is 2. The molecule has 156 valence electrons. The molecule has 6 nitrogen and oxygen atoms in total. The fourth-order valence-corrected chi connectivity index (χ4v) is 6.28. The zero-order valence-corrected chi connectivity index (χ0v) is 17.0. The van der Waals surface area contributed by atoms with E-state index in [0.29, 0.717) is 6.54 Å². The van der Waals surface area contributed by atoms with Gasteiger partial charge in [-0.3, -0.25) is 25.1 Å². The number of hydrogen-bond acceptors (Lipinski definition) is 4. The minimum absolute atomic E-state index is 0.0000945. The van der Waals surface area contributed by atoms with Gasteiger partial charge in [0.25, 0.3) is 11.8 Å². The number of urea groups is 1. The quantitative estimate of drug-likeness (QED) is 0.759. The summed E-state index contributed by atoms with van der Waals surface area (Å²) >= 11 is 0. The molecule has 3 fully saturated rings. The Morgan fingerprint density at radius 2 is 1.35 bits per heavy atom. The number of amides is 4. The van der Waals surface area contributed by atoms with Crippen LogP contribution in [0.1, 0.15) is 30.4 Å². The number of imide groups is 2. The van der Waals surface area contributed by atoms with Gasteiger partial charge >= 0.3 is 6.03 Å². The van der Waals surface area contributed by atoms with E-state index in [-0.39, 0.29) is 17.9 Å². The molecule has 2 atom stereocenters. The summed E-state index contributed by atoms with van der Waals surface area (Å²) in [4.78, 5) is 40.7. The molecular weight excluding hydrogens is 390 g/mol. The monoisotopic (exact) mass is 413 g/mol. The smallest absolute Gasteiger partial charge is 0.278 e. The second-order valence-corrected chi connectivity index (χ2v) is 8.87. The molecule has 0 aromatic heterocycles. The van der Waals surface area contributed by atoms with Crippen molar-refractivity contribution in [2.24, 2.45) is 11.8 Å². The molecule has 1 aliphatic carbocycles. The molecule has 0 radical (unpaired) electrons. The third-order valence-electron chi connectivity index (χ3n) is 7.44. The van der Waals surface area contributed by atoms with Gasteiger partial charge in [0.1, 0.15) is 0 Å². The van der Waals surface area contributed by atoms with Gasteiger partial charge in [-0.1, -0.05) is 60.7 Å². The van der Waals surface area contributed by atoms with Gasteiger partial charge in [-0.05, 0) is 41.5 Å². The summed E-state index contributed by atoms with van der Waals surface area (Å²) in [7, 11) is 0. The summed E-state index contributed by atoms with van der Waals surface area (Å²) in [5, 5.41) is 4.81. The Bertz CT molecular complexity index is 1060. The van der Waals surface area contributed by atoms with Gasteiger partial charge in [0.05, 0.1) is 0 Å². The average Bonchev–Trinajstić information content (AvgIpc) is 3.18. The van der Waals surface area contributed by atoms with E-state index in [1.807, 2.05) is 36.4 Å². The van der Waals surface area contributed by atoms with Crippen LogP contribution in [0, 0.1) is 11.8 Å². The number of nitrogens with zero attached hydrogens (tertiary/aromatic N) is 1. The Balaban J connectivity index is 1.48. The molecule has 4 amide bonds. The lowest BCUT2D eigenvalue weighted by molar-refractivity contribution is -0.148. The van der Waals surface area contributed by atoms with Crippen LogP contribution >= 0.6 is 0 Å². The Morgan fingerprint density at radius 3 is 1.90 bits per heavy atom. The summed E-state index contributed by atoms with van der Waals surface area (Å²) < 4.78 is 0. The molecule has 2 aromatic carbocycles. The first-order valence-electron chi connectivity index (χ1n) is 10.9. The van der Waals surface area contributed by atoms with Crippen molar-refractivity contribution in [2.45, 2.75) is 30.8 Å². The van der Waals surface area contributed by atoms with Crippen LogP contribution in [0.4, 0.5) is 4.79 Å². The molecule has 6 rings (SSSR count). The van der Waals surface area contributed by atoms with Gasteiger partial charge in [0.15, 0.2) is 5.54 Å². The summed E-state index contributed by atoms with van der Waals surface area (Å²) in [5.41, 5.74) is 3.32. The molecular formula is C25H23N3O3. The average molecular weight is 413 g/mol. The third kappa shape index (κ3) is 2.51. The Kier molecular flexibility index (Phi) is 3.96. The van der Waals surface area contributed by atoms with E-state index >= 15 is 0 Å².